The fourth-order valence-corrected chi connectivity index (χ4v) is 3.16. The van der Waals surface area contributed by atoms with Gasteiger partial charge in [-0.05, 0) is 56.2 Å². The maximum atomic E-state index is 5.61. The molecule has 3 rings (SSSR count). The monoisotopic (exact) mass is 312 g/mol. The lowest BCUT2D eigenvalue weighted by molar-refractivity contribution is 0.356. The molecule has 0 aromatic heterocycles. The van der Waals surface area contributed by atoms with E-state index in [1.807, 2.05) is 0 Å². The van der Waals surface area contributed by atoms with E-state index < -0.39 is 0 Å². The maximum absolute atomic E-state index is 5.61. The van der Waals surface area contributed by atoms with Crippen molar-refractivity contribution in [1.29, 1.82) is 0 Å². The molecule has 1 heterocycles. The summed E-state index contributed by atoms with van der Waals surface area (Å²) in [5, 5.41) is 0. The number of ether oxygens (including phenoxy) is 1. The van der Waals surface area contributed by atoms with Gasteiger partial charge in [-0.25, -0.2) is 0 Å². The summed E-state index contributed by atoms with van der Waals surface area (Å²) in [6, 6.07) is 6.70. The highest BCUT2D eigenvalue weighted by Crippen LogP contribution is 2.56. The summed E-state index contributed by atoms with van der Waals surface area (Å²) in [5.74, 6) is 1.09. The van der Waals surface area contributed by atoms with E-state index in [0.717, 1.165) is 18.8 Å². The van der Waals surface area contributed by atoms with Crippen molar-refractivity contribution >= 4 is 22.6 Å². The van der Waals surface area contributed by atoms with Crippen molar-refractivity contribution < 1.29 is 4.74 Å². The number of hydrogen-bond acceptors (Lipinski definition) is 1. The topological polar surface area (TPSA) is 9.23 Å². The molecule has 0 unspecified atom stereocenters. The van der Waals surface area contributed by atoms with Crippen molar-refractivity contribution in [2.45, 2.75) is 24.7 Å². The second-order valence-corrected chi connectivity index (χ2v) is 5.71. The molecule has 1 fully saturated rings. The molecule has 1 aliphatic carbocycles. The molecular weight excluding hydrogens is 299 g/mol. The van der Waals surface area contributed by atoms with E-state index >= 15 is 0 Å². The standard InChI is InChI=1S/C13H13IO/c1-9(14)13(5-6-13)11-3-2-10-4-7-15-12(10)8-11/h2-3,8H,1,4-7H2. The lowest BCUT2D eigenvalue weighted by atomic mass is 9.94. The molecule has 78 valence electrons. The summed E-state index contributed by atoms with van der Waals surface area (Å²) in [6.07, 6.45) is 3.55. The molecule has 0 saturated heterocycles. The number of rotatable bonds is 2. The first kappa shape index (κ1) is 9.70. The molecule has 1 saturated carbocycles. The third-order valence-electron chi connectivity index (χ3n) is 3.52. The molecule has 1 aromatic carbocycles. The molecule has 0 bridgehead atoms. The van der Waals surface area contributed by atoms with Crippen LogP contribution in [-0.2, 0) is 11.8 Å². The predicted octanol–water partition coefficient (Wildman–Crippen LogP) is 3.60. The molecule has 15 heavy (non-hydrogen) atoms. The Bertz CT molecular complexity index is 432. The van der Waals surface area contributed by atoms with Gasteiger partial charge in [-0.3, -0.25) is 0 Å². The van der Waals surface area contributed by atoms with E-state index in [-0.39, 0.29) is 5.41 Å². The molecule has 0 N–H and O–H groups in total. The van der Waals surface area contributed by atoms with Gasteiger partial charge < -0.3 is 4.74 Å². The summed E-state index contributed by atoms with van der Waals surface area (Å²) >= 11 is 2.36. The SMILES string of the molecule is C=C(I)C1(c2ccc3c(c2)OCC3)CC1. The highest BCUT2D eigenvalue weighted by Gasteiger charge is 2.46. The summed E-state index contributed by atoms with van der Waals surface area (Å²) in [5.41, 5.74) is 3.01. The van der Waals surface area contributed by atoms with Crippen LogP contribution in [0.1, 0.15) is 24.0 Å². The normalized spacial score (nSPS) is 20.6. The Morgan fingerprint density at radius 2 is 2.20 bits per heavy atom. The zero-order valence-electron chi connectivity index (χ0n) is 8.55. The third-order valence-corrected chi connectivity index (χ3v) is 4.55. The van der Waals surface area contributed by atoms with E-state index in [2.05, 4.69) is 47.4 Å². The maximum Gasteiger partial charge on any atom is 0.122 e. The lowest BCUT2D eigenvalue weighted by Crippen LogP contribution is -2.05. The van der Waals surface area contributed by atoms with Gasteiger partial charge in [0.05, 0.1) is 6.61 Å². The number of fused-ring (bicyclic) bond motifs is 1. The number of hydrogen-bond donors (Lipinski definition) is 0. The highest BCUT2D eigenvalue weighted by molar-refractivity contribution is 14.1. The van der Waals surface area contributed by atoms with Crippen LogP contribution in [0.15, 0.2) is 28.4 Å². The molecule has 0 amide bonds. The molecular formula is C13H13IO. The van der Waals surface area contributed by atoms with Crippen LogP contribution < -0.4 is 4.74 Å². The molecule has 1 nitrogen and oxygen atoms in total. The van der Waals surface area contributed by atoms with Crippen LogP contribution in [-0.4, -0.2) is 6.61 Å². The van der Waals surface area contributed by atoms with Crippen LogP contribution in [0.5, 0.6) is 5.75 Å². The van der Waals surface area contributed by atoms with Gasteiger partial charge in [0.25, 0.3) is 0 Å². The van der Waals surface area contributed by atoms with Crippen molar-refractivity contribution in [3.63, 3.8) is 0 Å². The van der Waals surface area contributed by atoms with E-state index in [1.54, 1.807) is 0 Å². The van der Waals surface area contributed by atoms with Gasteiger partial charge in [0.15, 0.2) is 0 Å². The largest absolute Gasteiger partial charge is 0.493 e. The summed E-state index contributed by atoms with van der Waals surface area (Å²) < 4.78 is 6.87. The van der Waals surface area contributed by atoms with Crippen LogP contribution in [0.2, 0.25) is 0 Å². The molecule has 2 aliphatic rings. The van der Waals surface area contributed by atoms with Crippen LogP contribution in [0, 0.1) is 0 Å². The quantitative estimate of drug-likeness (QED) is 0.758. The summed E-state index contributed by atoms with van der Waals surface area (Å²) in [7, 11) is 0. The van der Waals surface area contributed by atoms with Gasteiger partial charge in [-0.15, -0.1) is 0 Å². The average Bonchev–Trinajstić information content (AvgIpc) is 2.91. The Balaban J connectivity index is 2.03. The fourth-order valence-electron chi connectivity index (χ4n) is 2.31. The number of benzene rings is 1. The highest BCUT2D eigenvalue weighted by atomic mass is 127. The Hall–Kier alpha value is -0.510. The Kier molecular flexibility index (Phi) is 2.09. The van der Waals surface area contributed by atoms with Gasteiger partial charge in [0.1, 0.15) is 5.75 Å². The predicted molar refractivity (Wildman–Crippen MR) is 69.7 cm³/mol. The minimum absolute atomic E-state index is 0.265. The first-order valence-electron chi connectivity index (χ1n) is 5.33. The first-order chi connectivity index (χ1) is 7.22. The van der Waals surface area contributed by atoms with Gasteiger partial charge >= 0.3 is 0 Å². The fraction of sp³-hybridized carbons (Fsp3) is 0.385. The molecule has 1 aromatic rings. The number of allylic oxidation sites excluding steroid dienone is 1. The smallest absolute Gasteiger partial charge is 0.122 e. The minimum atomic E-state index is 0.265. The molecule has 0 spiro atoms. The van der Waals surface area contributed by atoms with Crippen molar-refractivity contribution in [3.8, 4) is 5.75 Å². The van der Waals surface area contributed by atoms with E-state index in [1.165, 1.54) is 27.5 Å². The second-order valence-electron chi connectivity index (χ2n) is 4.41. The Morgan fingerprint density at radius 3 is 2.87 bits per heavy atom. The van der Waals surface area contributed by atoms with Gasteiger partial charge in [-0.2, -0.15) is 0 Å². The van der Waals surface area contributed by atoms with Crippen molar-refractivity contribution in [2.75, 3.05) is 6.61 Å². The number of halogens is 1. The van der Waals surface area contributed by atoms with Crippen molar-refractivity contribution in [2.24, 2.45) is 0 Å². The zero-order chi connectivity index (χ0) is 10.5. The van der Waals surface area contributed by atoms with E-state index in [4.69, 9.17) is 4.74 Å². The van der Waals surface area contributed by atoms with Crippen molar-refractivity contribution in [1.82, 2.24) is 0 Å². The lowest BCUT2D eigenvalue weighted by Gasteiger charge is -2.15. The van der Waals surface area contributed by atoms with Crippen LogP contribution in [0.3, 0.4) is 0 Å². The molecule has 1 aliphatic heterocycles. The molecule has 2 heteroatoms. The van der Waals surface area contributed by atoms with E-state index in [9.17, 15) is 0 Å². The second kappa shape index (κ2) is 3.24. The van der Waals surface area contributed by atoms with E-state index in [0.29, 0.717) is 0 Å². The van der Waals surface area contributed by atoms with Crippen molar-refractivity contribution in [3.05, 3.63) is 39.5 Å². The van der Waals surface area contributed by atoms with Gasteiger partial charge in [0, 0.05) is 11.8 Å². The molecule has 0 radical (unpaired) electrons. The van der Waals surface area contributed by atoms with Crippen LogP contribution in [0.25, 0.3) is 0 Å². The Labute approximate surface area is 104 Å². The Morgan fingerprint density at radius 1 is 1.40 bits per heavy atom. The van der Waals surface area contributed by atoms with Gasteiger partial charge in [-0.1, -0.05) is 18.7 Å². The summed E-state index contributed by atoms with van der Waals surface area (Å²) in [6.45, 7) is 4.95. The minimum Gasteiger partial charge on any atom is -0.493 e. The zero-order valence-corrected chi connectivity index (χ0v) is 10.7. The van der Waals surface area contributed by atoms with Crippen LogP contribution in [0.4, 0.5) is 0 Å². The van der Waals surface area contributed by atoms with Gasteiger partial charge in [0.2, 0.25) is 0 Å². The first-order valence-corrected chi connectivity index (χ1v) is 6.41. The third kappa shape index (κ3) is 1.41. The molecule has 0 atom stereocenters. The van der Waals surface area contributed by atoms with Crippen LogP contribution >= 0.6 is 22.6 Å². The summed E-state index contributed by atoms with van der Waals surface area (Å²) in [4.78, 5) is 0. The average molecular weight is 312 g/mol.